The van der Waals surface area contributed by atoms with Crippen LogP contribution in [0, 0.1) is 0 Å². The first-order chi connectivity index (χ1) is 9.04. The Morgan fingerprint density at radius 2 is 2.00 bits per heavy atom. The molecular weight excluding hydrogens is 254 g/mol. The number of amides is 1. The summed E-state index contributed by atoms with van der Waals surface area (Å²) in [7, 11) is 1.40. The number of carbonyl (C=O) groups is 1. The molecule has 1 unspecified atom stereocenters. The molecule has 6 heteroatoms. The minimum absolute atomic E-state index is 0.00730. The van der Waals surface area contributed by atoms with Crippen LogP contribution in [0.25, 0.3) is 0 Å². The highest BCUT2D eigenvalue weighted by Gasteiger charge is 2.23. The maximum Gasteiger partial charge on any atom is 0.255 e. The number of benzene rings is 1. The number of carbonyl (C=O) groups excluding carboxylic acids is 1. The van der Waals surface area contributed by atoms with Crippen LogP contribution in [0.1, 0.15) is 5.56 Å². The molecule has 0 saturated carbocycles. The van der Waals surface area contributed by atoms with E-state index in [0.29, 0.717) is 0 Å². The number of alkyl halides is 2. The van der Waals surface area contributed by atoms with Gasteiger partial charge in [-0.1, -0.05) is 30.3 Å². The fourth-order valence-corrected chi connectivity index (χ4v) is 1.69. The van der Waals surface area contributed by atoms with E-state index in [2.05, 4.69) is 0 Å². The van der Waals surface area contributed by atoms with E-state index in [1.165, 1.54) is 7.11 Å². The molecule has 0 aromatic heterocycles. The average molecular weight is 272 g/mol. The van der Waals surface area contributed by atoms with Crippen molar-refractivity contribution in [2.24, 2.45) is 5.73 Å². The summed E-state index contributed by atoms with van der Waals surface area (Å²) in [6, 6.07) is 8.01. The molecule has 19 heavy (non-hydrogen) atoms. The van der Waals surface area contributed by atoms with Gasteiger partial charge < -0.3 is 15.4 Å². The first-order valence-electron chi connectivity index (χ1n) is 5.90. The summed E-state index contributed by atoms with van der Waals surface area (Å²) in [6.07, 6.45) is -2.59. The van der Waals surface area contributed by atoms with Gasteiger partial charge in [-0.05, 0) is 5.56 Å². The van der Waals surface area contributed by atoms with Crippen molar-refractivity contribution in [3.8, 4) is 0 Å². The van der Waals surface area contributed by atoms with Crippen LogP contribution in [-0.4, -0.2) is 43.5 Å². The molecule has 0 bridgehead atoms. The highest BCUT2D eigenvalue weighted by atomic mass is 19.3. The largest absolute Gasteiger partial charge is 0.383 e. The molecular formula is C13H18F2N2O2. The van der Waals surface area contributed by atoms with Gasteiger partial charge in [-0.25, -0.2) is 8.78 Å². The monoisotopic (exact) mass is 272 g/mol. The van der Waals surface area contributed by atoms with E-state index < -0.39 is 24.9 Å². The predicted molar refractivity (Wildman–Crippen MR) is 67.7 cm³/mol. The number of hydrogen-bond donors (Lipinski definition) is 1. The highest BCUT2D eigenvalue weighted by Crippen LogP contribution is 2.08. The molecule has 0 fully saturated rings. The lowest BCUT2D eigenvalue weighted by atomic mass is 10.2. The fraction of sp³-hybridized carbons (Fsp3) is 0.462. The van der Waals surface area contributed by atoms with E-state index in [-0.39, 0.29) is 13.2 Å². The number of methoxy groups -OCH3 is 1. The average Bonchev–Trinajstić information content (AvgIpc) is 2.38. The van der Waals surface area contributed by atoms with Crippen LogP contribution < -0.4 is 5.73 Å². The second-order valence-corrected chi connectivity index (χ2v) is 4.16. The Morgan fingerprint density at radius 1 is 1.37 bits per heavy atom. The van der Waals surface area contributed by atoms with Crippen LogP contribution >= 0.6 is 0 Å². The molecule has 1 aromatic rings. The van der Waals surface area contributed by atoms with Crippen molar-refractivity contribution in [1.29, 1.82) is 0 Å². The molecule has 0 spiro atoms. The molecule has 0 aliphatic carbocycles. The number of nitrogens with zero attached hydrogens (tertiary/aromatic N) is 1. The van der Waals surface area contributed by atoms with E-state index in [9.17, 15) is 13.6 Å². The topological polar surface area (TPSA) is 55.6 Å². The number of hydrogen-bond acceptors (Lipinski definition) is 3. The Labute approximate surface area is 111 Å². The van der Waals surface area contributed by atoms with Gasteiger partial charge in [-0.15, -0.1) is 0 Å². The van der Waals surface area contributed by atoms with Gasteiger partial charge in [0.25, 0.3) is 6.43 Å². The third-order valence-electron chi connectivity index (χ3n) is 2.55. The van der Waals surface area contributed by atoms with Crippen molar-refractivity contribution in [1.82, 2.24) is 4.90 Å². The summed E-state index contributed by atoms with van der Waals surface area (Å²) < 4.78 is 29.8. The number of rotatable bonds is 7. The molecule has 1 atom stereocenters. The maximum atomic E-state index is 12.5. The van der Waals surface area contributed by atoms with Crippen molar-refractivity contribution in [2.45, 2.75) is 19.0 Å². The molecule has 1 rings (SSSR count). The molecule has 106 valence electrons. The molecule has 0 saturated heterocycles. The van der Waals surface area contributed by atoms with E-state index in [1.54, 1.807) is 24.3 Å². The van der Waals surface area contributed by atoms with E-state index in [4.69, 9.17) is 10.5 Å². The van der Waals surface area contributed by atoms with Crippen LogP contribution in [0.15, 0.2) is 30.3 Å². The predicted octanol–water partition coefficient (Wildman–Crippen LogP) is 1.25. The van der Waals surface area contributed by atoms with Gasteiger partial charge in [-0.2, -0.15) is 0 Å². The van der Waals surface area contributed by atoms with Gasteiger partial charge >= 0.3 is 0 Å². The van der Waals surface area contributed by atoms with Crippen LogP contribution in [0.3, 0.4) is 0 Å². The van der Waals surface area contributed by atoms with E-state index in [1.807, 2.05) is 6.07 Å². The Balaban J connectivity index is 2.74. The zero-order valence-electron chi connectivity index (χ0n) is 10.8. The van der Waals surface area contributed by atoms with Crippen molar-refractivity contribution in [2.75, 3.05) is 20.3 Å². The molecule has 1 aromatic carbocycles. The van der Waals surface area contributed by atoms with Crippen molar-refractivity contribution in [3.05, 3.63) is 35.9 Å². The van der Waals surface area contributed by atoms with Crippen molar-refractivity contribution < 1.29 is 18.3 Å². The van der Waals surface area contributed by atoms with Gasteiger partial charge in [0.05, 0.1) is 13.2 Å². The maximum absolute atomic E-state index is 12.5. The summed E-state index contributed by atoms with van der Waals surface area (Å²) in [5, 5.41) is 0. The van der Waals surface area contributed by atoms with Crippen molar-refractivity contribution in [3.63, 3.8) is 0 Å². The number of nitrogens with two attached hydrogens (primary N) is 1. The van der Waals surface area contributed by atoms with Gasteiger partial charge in [0.2, 0.25) is 5.91 Å². The zero-order valence-corrected chi connectivity index (χ0v) is 10.8. The Morgan fingerprint density at radius 3 is 2.53 bits per heavy atom. The molecule has 0 heterocycles. The van der Waals surface area contributed by atoms with E-state index in [0.717, 1.165) is 10.5 Å². The smallest absolute Gasteiger partial charge is 0.255 e. The Hall–Kier alpha value is -1.53. The first kappa shape index (κ1) is 15.5. The lowest BCUT2D eigenvalue weighted by Gasteiger charge is -2.25. The highest BCUT2D eigenvalue weighted by molar-refractivity contribution is 5.81. The zero-order chi connectivity index (χ0) is 14.3. The molecule has 0 aliphatic heterocycles. The third kappa shape index (κ3) is 5.32. The number of ether oxygens (including phenoxy) is 1. The molecule has 4 nitrogen and oxygen atoms in total. The third-order valence-corrected chi connectivity index (χ3v) is 2.55. The summed E-state index contributed by atoms with van der Waals surface area (Å²) in [5.41, 5.74) is 6.38. The fourth-order valence-electron chi connectivity index (χ4n) is 1.69. The SMILES string of the molecule is COCC(N)C(=O)N(Cc1ccccc1)CC(F)F. The van der Waals surface area contributed by atoms with Crippen molar-refractivity contribution >= 4 is 5.91 Å². The second-order valence-electron chi connectivity index (χ2n) is 4.16. The molecule has 2 N–H and O–H groups in total. The summed E-state index contributed by atoms with van der Waals surface area (Å²) >= 11 is 0. The van der Waals surface area contributed by atoms with Gasteiger partial charge in [-0.3, -0.25) is 4.79 Å². The minimum atomic E-state index is -2.59. The Kier molecular flexibility index (Phi) is 6.38. The normalized spacial score (nSPS) is 12.5. The number of halogens is 2. The van der Waals surface area contributed by atoms with Gasteiger partial charge in [0, 0.05) is 13.7 Å². The summed E-state index contributed by atoms with van der Waals surface area (Å²) in [4.78, 5) is 13.0. The molecule has 0 aliphatic rings. The minimum Gasteiger partial charge on any atom is -0.383 e. The van der Waals surface area contributed by atoms with Gasteiger partial charge in [0.15, 0.2) is 0 Å². The molecule has 0 radical (unpaired) electrons. The summed E-state index contributed by atoms with van der Waals surface area (Å²) in [5.74, 6) is -0.536. The lowest BCUT2D eigenvalue weighted by molar-refractivity contribution is -0.136. The van der Waals surface area contributed by atoms with Crippen LogP contribution in [-0.2, 0) is 16.1 Å². The van der Waals surface area contributed by atoms with Crippen LogP contribution in [0.5, 0.6) is 0 Å². The van der Waals surface area contributed by atoms with E-state index >= 15 is 0 Å². The van der Waals surface area contributed by atoms with Crippen LogP contribution in [0.2, 0.25) is 0 Å². The standard InChI is InChI=1S/C13H18F2N2O2/c1-19-9-11(16)13(18)17(8-12(14)15)7-10-5-3-2-4-6-10/h2-6,11-12H,7-9,16H2,1H3. The molecule has 1 amide bonds. The lowest BCUT2D eigenvalue weighted by Crippen LogP contribution is -2.47. The first-order valence-corrected chi connectivity index (χ1v) is 5.90. The second kappa shape index (κ2) is 7.81. The Bertz CT molecular complexity index is 387. The quantitative estimate of drug-likeness (QED) is 0.813. The van der Waals surface area contributed by atoms with Crippen LogP contribution in [0.4, 0.5) is 8.78 Å². The summed E-state index contributed by atoms with van der Waals surface area (Å²) in [6.45, 7) is -0.514. The van der Waals surface area contributed by atoms with Gasteiger partial charge in [0.1, 0.15) is 6.04 Å².